The van der Waals surface area contributed by atoms with Gasteiger partial charge in [-0.15, -0.1) is 0 Å². The Bertz CT molecular complexity index is 1740. The van der Waals surface area contributed by atoms with Gasteiger partial charge in [-0.3, -0.25) is 4.79 Å². The number of methoxy groups -OCH3 is 1. The van der Waals surface area contributed by atoms with Crippen LogP contribution in [0.4, 0.5) is 0 Å². The van der Waals surface area contributed by atoms with Crippen LogP contribution < -0.4 is 16.0 Å². The summed E-state index contributed by atoms with van der Waals surface area (Å²) in [5, 5.41) is 56.2. The Labute approximate surface area is 360 Å². The number of carbonyl (C=O) groups excluding carboxylic acids is 1. The molecule has 2 saturated carbocycles. The third-order valence-electron chi connectivity index (χ3n) is 14.5. The SMILES string of the molecule is C=C(C=CC=C(COCO)C1CCC2(C1O)C1C(=C(C)C=O)C(C=CC1CCO)CC2(O)CCNC)C1CC=C(C)CNC(CCNC)(CCOC)Cc2cccc(c2)C1. The van der Waals surface area contributed by atoms with Crippen molar-refractivity contribution in [2.75, 3.05) is 67.5 Å². The van der Waals surface area contributed by atoms with Crippen LogP contribution >= 0.6 is 0 Å². The number of aldehydes is 1. The number of rotatable bonds is 19. The van der Waals surface area contributed by atoms with E-state index in [1.807, 2.05) is 33.2 Å². The Hall–Kier alpha value is -3.03. The molecule has 4 aliphatic rings. The van der Waals surface area contributed by atoms with E-state index in [0.29, 0.717) is 50.8 Å². The number of hydrogen-bond acceptors (Lipinski definition) is 10. The fourth-order valence-electron chi connectivity index (χ4n) is 11.3. The van der Waals surface area contributed by atoms with Gasteiger partial charge in [-0.25, -0.2) is 0 Å². The third kappa shape index (κ3) is 10.8. The molecule has 7 N–H and O–H groups in total. The second-order valence-corrected chi connectivity index (χ2v) is 18.2. The summed E-state index contributed by atoms with van der Waals surface area (Å²) in [6.45, 7) is 11.2. The van der Waals surface area contributed by atoms with Gasteiger partial charge in [-0.1, -0.05) is 84.0 Å². The highest BCUT2D eigenvalue weighted by atomic mass is 16.6. The van der Waals surface area contributed by atoms with E-state index in [2.05, 4.69) is 78.0 Å². The van der Waals surface area contributed by atoms with Gasteiger partial charge in [0.15, 0.2) is 0 Å². The van der Waals surface area contributed by atoms with Gasteiger partial charge in [0.25, 0.3) is 0 Å². The van der Waals surface area contributed by atoms with Crippen molar-refractivity contribution in [3.8, 4) is 0 Å². The fraction of sp³-hybridized carbons (Fsp3) is 0.620. The predicted octanol–water partition coefficient (Wildman–Crippen LogP) is 5.54. The summed E-state index contributed by atoms with van der Waals surface area (Å²) in [4.78, 5) is 12.4. The highest BCUT2D eigenvalue weighted by Crippen LogP contribution is 2.67. The van der Waals surface area contributed by atoms with Crippen molar-refractivity contribution in [2.45, 2.75) is 95.3 Å². The molecule has 0 aromatic heterocycles. The van der Waals surface area contributed by atoms with Crippen LogP contribution in [-0.2, 0) is 27.1 Å². The lowest BCUT2D eigenvalue weighted by Gasteiger charge is -2.61. The zero-order valence-corrected chi connectivity index (χ0v) is 37.1. The largest absolute Gasteiger partial charge is 0.396 e. The number of nitrogens with one attached hydrogen (secondary N) is 3. The Morgan fingerprint density at radius 2 is 1.87 bits per heavy atom. The van der Waals surface area contributed by atoms with Crippen LogP contribution in [0.3, 0.4) is 0 Å². The first-order valence-electron chi connectivity index (χ1n) is 22.3. The molecule has 1 aromatic carbocycles. The van der Waals surface area contributed by atoms with Crippen molar-refractivity contribution in [1.82, 2.24) is 16.0 Å². The first-order chi connectivity index (χ1) is 28.9. The van der Waals surface area contributed by atoms with E-state index in [-0.39, 0.29) is 48.3 Å². The summed E-state index contributed by atoms with van der Waals surface area (Å²) in [6, 6.07) is 8.97. The molecule has 5 rings (SSSR count). The summed E-state index contributed by atoms with van der Waals surface area (Å²) in [5.41, 5.74) is 5.03. The summed E-state index contributed by atoms with van der Waals surface area (Å²) >= 11 is 0. The fourth-order valence-corrected chi connectivity index (χ4v) is 11.3. The molecular weight excluding hydrogens is 755 g/mol. The van der Waals surface area contributed by atoms with Crippen LogP contribution in [-0.4, -0.2) is 111 Å². The number of benzene rings is 1. The number of aliphatic hydroxyl groups is 4. The Kier molecular flexibility index (Phi) is 17.9. The number of hydrogen-bond donors (Lipinski definition) is 7. The van der Waals surface area contributed by atoms with Crippen molar-refractivity contribution in [1.29, 1.82) is 0 Å². The molecule has 0 amide bonds. The molecule has 1 aliphatic heterocycles. The van der Waals surface area contributed by atoms with Gasteiger partial charge >= 0.3 is 0 Å². The molecule has 0 saturated heterocycles. The molecule has 9 atom stereocenters. The predicted molar refractivity (Wildman–Crippen MR) is 240 cm³/mol. The van der Waals surface area contributed by atoms with Crippen LogP contribution in [0.5, 0.6) is 0 Å². The second-order valence-electron chi connectivity index (χ2n) is 18.2. The normalized spacial score (nSPS) is 33.1. The molecule has 332 valence electrons. The molecule has 9 unspecified atom stereocenters. The topological polar surface area (TPSA) is 153 Å². The van der Waals surface area contributed by atoms with Crippen LogP contribution in [0.15, 0.2) is 95.2 Å². The van der Waals surface area contributed by atoms with E-state index >= 15 is 0 Å². The van der Waals surface area contributed by atoms with E-state index in [4.69, 9.17) is 9.47 Å². The summed E-state index contributed by atoms with van der Waals surface area (Å²) in [6.07, 6.45) is 19.5. The average Bonchev–Trinajstić information content (AvgIpc) is 3.59. The lowest BCUT2D eigenvalue weighted by Crippen LogP contribution is -2.65. The maximum atomic E-state index is 12.9. The first-order valence-corrected chi connectivity index (χ1v) is 22.3. The smallest absolute Gasteiger partial charge is 0.145 e. The number of fused-ring (bicyclic) bond motifs is 5. The maximum absolute atomic E-state index is 12.9. The molecule has 1 aromatic rings. The lowest BCUT2D eigenvalue weighted by molar-refractivity contribution is -0.194. The van der Waals surface area contributed by atoms with Gasteiger partial charge in [0.05, 0.1) is 18.3 Å². The van der Waals surface area contributed by atoms with Gasteiger partial charge < -0.3 is 45.9 Å². The quantitative estimate of drug-likeness (QED) is 0.0312. The number of ether oxygens (including phenoxy) is 2. The third-order valence-corrected chi connectivity index (χ3v) is 14.5. The summed E-state index contributed by atoms with van der Waals surface area (Å²) < 4.78 is 11.2. The van der Waals surface area contributed by atoms with Crippen LogP contribution in [0.25, 0.3) is 0 Å². The van der Waals surface area contributed by atoms with E-state index in [1.165, 1.54) is 16.7 Å². The highest BCUT2D eigenvalue weighted by Gasteiger charge is 2.68. The van der Waals surface area contributed by atoms with Crippen molar-refractivity contribution in [2.24, 2.45) is 35.0 Å². The van der Waals surface area contributed by atoms with Crippen molar-refractivity contribution >= 4 is 6.29 Å². The molecule has 2 fully saturated rings. The molecule has 1 spiro atoms. The van der Waals surface area contributed by atoms with Gasteiger partial charge in [0.1, 0.15) is 13.1 Å². The Morgan fingerprint density at radius 3 is 2.58 bits per heavy atom. The van der Waals surface area contributed by atoms with Crippen molar-refractivity contribution < 1.29 is 34.7 Å². The minimum atomic E-state index is -1.23. The van der Waals surface area contributed by atoms with E-state index in [1.54, 1.807) is 7.11 Å². The van der Waals surface area contributed by atoms with Crippen LogP contribution in [0.1, 0.15) is 76.3 Å². The molecule has 10 heteroatoms. The van der Waals surface area contributed by atoms with Crippen LogP contribution in [0.2, 0.25) is 0 Å². The van der Waals surface area contributed by atoms with Gasteiger partial charge in [0.2, 0.25) is 0 Å². The van der Waals surface area contributed by atoms with Crippen LogP contribution in [0, 0.1) is 35.0 Å². The molecule has 1 heterocycles. The number of allylic oxidation sites excluding steroid dienone is 9. The second kappa shape index (κ2) is 22.4. The molecular formula is C50H75N3O7. The Balaban J connectivity index is 1.45. The molecule has 4 bridgehead atoms. The van der Waals surface area contributed by atoms with Gasteiger partial charge in [0, 0.05) is 49.7 Å². The lowest BCUT2D eigenvalue weighted by atomic mass is 9.45. The minimum Gasteiger partial charge on any atom is -0.396 e. The number of carbonyl (C=O) groups is 1. The monoisotopic (exact) mass is 830 g/mol. The molecule has 60 heavy (non-hydrogen) atoms. The van der Waals surface area contributed by atoms with E-state index < -0.39 is 23.9 Å². The average molecular weight is 830 g/mol. The Morgan fingerprint density at radius 1 is 1.10 bits per heavy atom. The summed E-state index contributed by atoms with van der Waals surface area (Å²) in [7, 11) is 5.65. The first kappa shape index (κ1) is 48.0. The zero-order chi connectivity index (χ0) is 43.3. The standard InChI is InChI=1S/C50H75N3O7/c1-35-13-14-41(28-38-10-8-11-39(27-38)29-48(53-31-35,20-23-51-4)22-26-59-6)36(2)9-7-12-43(33-60-34-56)44-17-19-50(47(44)57)46-40(18-25-54)15-16-42(45(46)37(3)32-55)30-49(50,58)21-24-52-5/h7-13,15-16,27,32,40-42,44,46-47,51-54,56-58H,2,14,17-26,28-31,33-34H2,1,3-6H3. The molecule has 3 aliphatic carbocycles. The summed E-state index contributed by atoms with van der Waals surface area (Å²) in [5.74, 6) is -0.798. The molecule has 10 nitrogen and oxygen atoms in total. The van der Waals surface area contributed by atoms with E-state index in [0.717, 1.165) is 68.2 Å². The minimum absolute atomic E-state index is 0.0382. The van der Waals surface area contributed by atoms with Gasteiger partial charge in [-0.05, 0) is 145 Å². The van der Waals surface area contributed by atoms with Crippen molar-refractivity contribution in [3.05, 3.63) is 106 Å². The maximum Gasteiger partial charge on any atom is 0.145 e. The molecule has 0 radical (unpaired) electrons. The van der Waals surface area contributed by atoms with Crippen molar-refractivity contribution in [3.63, 3.8) is 0 Å². The highest BCUT2D eigenvalue weighted by molar-refractivity contribution is 5.74. The van der Waals surface area contributed by atoms with Gasteiger partial charge in [-0.2, -0.15) is 0 Å². The number of aliphatic hydroxyl groups excluding tert-OH is 3. The zero-order valence-electron chi connectivity index (χ0n) is 37.1. The van der Waals surface area contributed by atoms with E-state index in [9.17, 15) is 25.2 Å².